The van der Waals surface area contributed by atoms with Gasteiger partial charge in [0.15, 0.2) is 0 Å². The highest BCUT2D eigenvalue weighted by atomic mass is 15.4. The fraction of sp³-hybridized carbons (Fsp3) is 0.500. The van der Waals surface area contributed by atoms with Crippen LogP contribution in [0.15, 0.2) is 12.5 Å². The molecule has 0 radical (unpaired) electrons. The number of aromatic nitrogens is 5. The smallest absolute Gasteiger partial charge is 0.142 e. The Hall–Kier alpha value is -1.52. The van der Waals surface area contributed by atoms with Gasteiger partial charge in [0, 0.05) is 5.41 Å². The fourth-order valence-electron chi connectivity index (χ4n) is 1.21. The van der Waals surface area contributed by atoms with Crippen molar-refractivity contribution in [2.45, 2.75) is 26.2 Å². The van der Waals surface area contributed by atoms with Gasteiger partial charge in [-0.1, -0.05) is 26.0 Å². The van der Waals surface area contributed by atoms with Crippen LogP contribution in [0, 0.1) is 0 Å². The van der Waals surface area contributed by atoms with E-state index < -0.39 is 0 Å². The molecule has 0 fully saturated rings. The van der Waals surface area contributed by atoms with Crippen LogP contribution in [0.5, 0.6) is 0 Å². The maximum absolute atomic E-state index is 4.10. The monoisotopic (exact) mass is 177 g/mol. The van der Waals surface area contributed by atoms with Crippen LogP contribution in [0.3, 0.4) is 0 Å². The Balaban J connectivity index is 2.72. The van der Waals surface area contributed by atoms with Crippen molar-refractivity contribution in [2.75, 3.05) is 0 Å². The summed E-state index contributed by atoms with van der Waals surface area (Å²) in [5.74, 6) is 0. The van der Waals surface area contributed by atoms with Gasteiger partial charge < -0.3 is 0 Å². The maximum atomic E-state index is 4.10. The van der Waals surface area contributed by atoms with Gasteiger partial charge in [-0.3, -0.25) is 0 Å². The van der Waals surface area contributed by atoms with Crippen LogP contribution in [0.2, 0.25) is 0 Å². The van der Waals surface area contributed by atoms with E-state index >= 15 is 0 Å². The molecule has 13 heavy (non-hydrogen) atoms. The predicted octanol–water partition coefficient (Wildman–Crippen LogP) is 0.817. The summed E-state index contributed by atoms with van der Waals surface area (Å²) in [4.78, 5) is 0. The van der Waals surface area contributed by atoms with Crippen LogP contribution in [0.25, 0.3) is 5.52 Å². The number of rotatable bonds is 0. The number of nitrogens with zero attached hydrogens (tertiary/aromatic N) is 5. The molecule has 2 rings (SSSR count). The molecular weight excluding hydrogens is 166 g/mol. The highest BCUT2D eigenvalue weighted by Gasteiger charge is 2.20. The lowest BCUT2D eigenvalue weighted by Gasteiger charge is -2.13. The van der Waals surface area contributed by atoms with Crippen molar-refractivity contribution < 1.29 is 0 Å². The minimum atomic E-state index is -0.00914. The number of hydrogen-bond donors (Lipinski definition) is 0. The number of fused-ring (bicyclic) bond motifs is 1. The minimum Gasteiger partial charge on any atom is -0.198 e. The number of hydrogen-bond acceptors (Lipinski definition) is 4. The summed E-state index contributed by atoms with van der Waals surface area (Å²) >= 11 is 0. The lowest BCUT2D eigenvalue weighted by atomic mass is 9.92. The summed E-state index contributed by atoms with van der Waals surface area (Å²) < 4.78 is 1.63. The molecule has 0 aromatic carbocycles. The van der Waals surface area contributed by atoms with Crippen molar-refractivity contribution in [3.63, 3.8) is 0 Å². The third-order valence-electron chi connectivity index (χ3n) is 1.85. The van der Waals surface area contributed by atoms with Gasteiger partial charge in [-0.2, -0.15) is 9.61 Å². The van der Waals surface area contributed by atoms with Gasteiger partial charge in [0.25, 0.3) is 0 Å². The first-order valence-corrected chi connectivity index (χ1v) is 4.11. The van der Waals surface area contributed by atoms with Crippen molar-refractivity contribution in [3.8, 4) is 0 Å². The quantitative estimate of drug-likeness (QED) is 0.597. The third kappa shape index (κ3) is 1.26. The molecule has 0 amide bonds. The van der Waals surface area contributed by atoms with Gasteiger partial charge in [-0.15, -0.1) is 10.2 Å². The largest absolute Gasteiger partial charge is 0.198 e. The van der Waals surface area contributed by atoms with E-state index in [2.05, 4.69) is 41.3 Å². The third-order valence-corrected chi connectivity index (χ3v) is 1.85. The molecule has 5 heteroatoms. The van der Waals surface area contributed by atoms with E-state index in [1.54, 1.807) is 17.0 Å². The van der Waals surface area contributed by atoms with Crippen LogP contribution < -0.4 is 0 Å². The second-order valence-corrected chi connectivity index (χ2v) is 3.99. The van der Waals surface area contributed by atoms with Crippen LogP contribution in [-0.4, -0.2) is 25.0 Å². The molecule has 0 bridgehead atoms. The summed E-state index contributed by atoms with van der Waals surface area (Å²) in [6.07, 6.45) is 3.23. The maximum Gasteiger partial charge on any atom is 0.142 e. The SMILES string of the molecule is CC(C)(C)c1nnn2cnncc12. The summed E-state index contributed by atoms with van der Waals surface area (Å²) in [5, 5.41) is 15.6. The standard InChI is InChI=1S/C8H11N5/c1-8(2,3)7-6-4-9-10-5-13(6)12-11-7/h4-5H,1-3H3. The zero-order valence-corrected chi connectivity index (χ0v) is 7.89. The lowest BCUT2D eigenvalue weighted by molar-refractivity contribution is 0.570. The molecule has 0 aliphatic rings. The van der Waals surface area contributed by atoms with Crippen LogP contribution in [0.1, 0.15) is 26.5 Å². The van der Waals surface area contributed by atoms with Crippen molar-refractivity contribution in [1.82, 2.24) is 25.0 Å². The summed E-state index contributed by atoms with van der Waals surface area (Å²) in [7, 11) is 0. The van der Waals surface area contributed by atoms with Crippen molar-refractivity contribution >= 4 is 5.52 Å². The molecule has 0 saturated carbocycles. The van der Waals surface area contributed by atoms with E-state index in [4.69, 9.17) is 0 Å². The van der Waals surface area contributed by atoms with Gasteiger partial charge in [0.2, 0.25) is 0 Å². The van der Waals surface area contributed by atoms with Crippen LogP contribution in [-0.2, 0) is 5.41 Å². The second kappa shape index (κ2) is 2.48. The second-order valence-electron chi connectivity index (χ2n) is 3.99. The Bertz CT molecular complexity index is 425. The summed E-state index contributed by atoms with van der Waals surface area (Å²) in [6.45, 7) is 6.28. The Kier molecular flexibility index (Phi) is 1.55. The van der Waals surface area contributed by atoms with E-state index in [0.717, 1.165) is 11.2 Å². The van der Waals surface area contributed by atoms with Crippen molar-refractivity contribution in [2.24, 2.45) is 0 Å². The Morgan fingerprint density at radius 3 is 2.69 bits per heavy atom. The summed E-state index contributed by atoms with van der Waals surface area (Å²) in [5.41, 5.74) is 1.86. The van der Waals surface area contributed by atoms with E-state index in [1.165, 1.54) is 0 Å². The zero-order valence-electron chi connectivity index (χ0n) is 7.89. The van der Waals surface area contributed by atoms with E-state index in [0.29, 0.717) is 0 Å². The lowest BCUT2D eigenvalue weighted by Crippen LogP contribution is -2.12. The van der Waals surface area contributed by atoms with Gasteiger partial charge in [-0.25, -0.2) is 0 Å². The molecular formula is C8H11N5. The molecule has 0 aliphatic carbocycles. The van der Waals surface area contributed by atoms with Gasteiger partial charge >= 0.3 is 0 Å². The predicted molar refractivity (Wildman–Crippen MR) is 47.3 cm³/mol. The Labute approximate surface area is 75.8 Å². The van der Waals surface area contributed by atoms with Crippen molar-refractivity contribution in [3.05, 3.63) is 18.2 Å². The molecule has 0 saturated heterocycles. The van der Waals surface area contributed by atoms with Crippen molar-refractivity contribution in [1.29, 1.82) is 0 Å². The fourth-order valence-corrected chi connectivity index (χ4v) is 1.21. The van der Waals surface area contributed by atoms with Gasteiger partial charge in [0.1, 0.15) is 11.8 Å². The summed E-state index contributed by atoms with van der Waals surface area (Å²) in [6, 6.07) is 0. The Morgan fingerprint density at radius 1 is 1.23 bits per heavy atom. The molecule has 68 valence electrons. The van der Waals surface area contributed by atoms with E-state index in [9.17, 15) is 0 Å². The topological polar surface area (TPSA) is 56.0 Å². The van der Waals surface area contributed by atoms with Crippen LogP contribution in [0.4, 0.5) is 0 Å². The molecule has 2 aromatic heterocycles. The minimum absolute atomic E-state index is 0.00914. The first kappa shape index (κ1) is 8.10. The van der Waals surface area contributed by atoms with E-state index in [1.807, 2.05) is 0 Å². The molecule has 0 N–H and O–H groups in total. The Morgan fingerprint density at radius 2 is 2.00 bits per heavy atom. The molecule has 0 spiro atoms. The molecule has 0 atom stereocenters. The van der Waals surface area contributed by atoms with Crippen LogP contribution >= 0.6 is 0 Å². The molecule has 2 aromatic rings. The molecule has 2 heterocycles. The van der Waals surface area contributed by atoms with E-state index in [-0.39, 0.29) is 5.41 Å². The van der Waals surface area contributed by atoms with Gasteiger partial charge in [-0.05, 0) is 0 Å². The first-order chi connectivity index (χ1) is 6.09. The molecule has 5 nitrogen and oxygen atoms in total. The highest BCUT2D eigenvalue weighted by Crippen LogP contribution is 2.22. The molecule has 0 unspecified atom stereocenters. The first-order valence-electron chi connectivity index (χ1n) is 4.11. The normalized spacial score (nSPS) is 12.2. The zero-order chi connectivity index (χ0) is 9.47. The average Bonchev–Trinajstić information content (AvgIpc) is 2.45. The highest BCUT2D eigenvalue weighted by molar-refractivity contribution is 5.50. The molecule has 0 aliphatic heterocycles. The average molecular weight is 177 g/mol. The van der Waals surface area contributed by atoms with Gasteiger partial charge in [0.05, 0.1) is 11.9 Å².